The number of piperidine rings is 1. The Labute approximate surface area is 220 Å². The van der Waals surface area contributed by atoms with Crippen LogP contribution in [0.1, 0.15) is 49.8 Å². The van der Waals surface area contributed by atoms with Crippen LogP contribution < -0.4 is 9.47 Å². The molecule has 200 valence electrons. The Hall–Kier alpha value is -2.29. The van der Waals surface area contributed by atoms with Crippen LogP contribution in [0.5, 0.6) is 17.2 Å². The molecule has 0 unspecified atom stereocenters. The van der Waals surface area contributed by atoms with Gasteiger partial charge in [0.25, 0.3) is 0 Å². The molecule has 8 heteroatoms. The number of phenolic OH excluding ortho intramolecular Hbond substituents is 1. The lowest BCUT2D eigenvalue weighted by Crippen LogP contribution is -2.68. The molecule has 6 rings (SSSR count). The molecule has 0 radical (unpaired) electrons. The van der Waals surface area contributed by atoms with Crippen LogP contribution in [-0.2, 0) is 27.6 Å². The minimum absolute atomic E-state index is 0.0200. The zero-order chi connectivity index (χ0) is 26.1. The van der Waals surface area contributed by atoms with Gasteiger partial charge in [-0.3, -0.25) is 0 Å². The molecule has 2 aromatic carbocycles. The van der Waals surface area contributed by atoms with E-state index in [1.54, 1.807) is 17.5 Å². The first-order valence-electron chi connectivity index (χ1n) is 13.5. The van der Waals surface area contributed by atoms with E-state index >= 15 is 0 Å². The summed E-state index contributed by atoms with van der Waals surface area (Å²) in [6, 6.07) is 11.1. The molecule has 2 heterocycles. The molecule has 2 bridgehead atoms. The summed E-state index contributed by atoms with van der Waals surface area (Å²) in [5.41, 5.74) is 2.50. The van der Waals surface area contributed by atoms with Gasteiger partial charge in [0.1, 0.15) is 11.9 Å². The summed E-state index contributed by atoms with van der Waals surface area (Å²) in [6.07, 6.45) is 3.05. The first-order valence-corrected chi connectivity index (χ1v) is 15.1. The normalized spacial score (nSPS) is 30.3. The smallest absolute Gasteiger partial charge is 0.218 e. The Morgan fingerprint density at radius 3 is 2.70 bits per heavy atom. The molecule has 2 aliphatic heterocycles. The summed E-state index contributed by atoms with van der Waals surface area (Å²) < 4.78 is 42.4. The first-order chi connectivity index (χ1) is 17.7. The van der Waals surface area contributed by atoms with E-state index in [-0.39, 0.29) is 35.0 Å². The van der Waals surface area contributed by atoms with Crippen LogP contribution in [0.2, 0.25) is 0 Å². The van der Waals surface area contributed by atoms with Crippen LogP contribution >= 0.6 is 0 Å². The second-order valence-electron chi connectivity index (χ2n) is 11.8. The Balaban J connectivity index is 1.48. The monoisotopic (exact) mass is 526 g/mol. The topological polar surface area (TPSA) is 79.3 Å². The van der Waals surface area contributed by atoms with Crippen molar-refractivity contribution in [2.75, 3.05) is 27.2 Å². The predicted molar refractivity (Wildman–Crippen MR) is 143 cm³/mol. The molecule has 2 aliphatic carbocycles. The Morgan fingerprint density at radius 2 is 2.00 bits per heavy atom. The largest absolute Gasteiger partial charge is 0.508 e. The minimum Gasteiger partial charge on any atom is -0.508 e. The summed E-state index contributed by atoms with van der Waals surface area (Å²) in [4.78, 5) is 2.43. The second kappa shape index (κ2) is 8.89. The van der Waals surface area contributed by atoms with Crippen molar-refractivity contribution >= 4 is 10.0 Å². The third-order valence-electron chi connectivity index (χ3n) is 9.34. The van der Waals surface area contributed by atoms with Crippen molar-refractivity contribution in [3.8, 4) is 17.2 Å². The van der Waals surface area contributed by atoms with Gasteiger partial charge in [0.2, 0.25) is 10.0 Å². The van der Waals surface area contributed by atoms with E-state index in [1.165, 1.54) is 0 Å². The van der Waals surface area contributed by atoms with Gasteiger partial charge < -0.3 is 19.5 Å². The van der Waals surface area contributed by atoms with Gasteiger partial charge in [-0.15, -0.1) is 0 Å². The van der Waals surface area contributed by atoms with Crippen molar-refractivity contribution in [1.29, 1.82) is 0 Å². The number of hydrogen-bond donors (Lipinski definition) is 1. The van der Waals surface area contributed by atoms with Gasteiger partial charge in [-0.05, 0) is 56.7 Å². The first kappa shape index (κ1) is 25.0. The number of sulfonamides is 1. The molecule has 2 aromatic rings. The molecule has 37 heavy (non-hydrogen) atoms. The number of likely N-dealkylation sites (tertiary alicyclic amines) is 1. The maximum atomic E-state index is 14.1. The van der Waals surface area contributed by atoms with Gasteiger partial charge in [-0.2, -0.15) is 4.31 Å². The zero-order valence-electron chi connectivity index (χ0n) is 22.2. The van der Waals surface area contributed by atoms with Crippen molar-refractivity contribution < 1.29 is 23.0 Å². The van der Waals surface area contributed by atoms with Crippen LogP contribution in [0.25, 0.3) is 0 Å². The third-order valence-corrected chi connectivity index (χ3v) is 11.2. The van der Waals surface area contributed by atoms with Crippen molar-refractivity contribution in [3.63, 3.8) is 0 Å². The number of methoxy groups -OCH3 is 1. The number of phenols is 1. The van der Waals surface area contributed by atoms with Gasteiger partial charge in [0.15, 0.2) is 11.5 Å². The Kier molecular flexibility index (Phi) is 6.01. The highest BCUT2D eigenvalue weighted by Gasteiger charge is 2.67. The lowest BCUT2D eigenvalue weighted by molar-refractivity contribution is -0.0710. The fourth-order valence-corrected chi connectivity index (χ4v) is 9.83. The summed E-state index contributed by atoms with van der Waals surface area (Å²) in [5, 5.41) is 11.1. The number of nitrogens with zero attached hydrogens (tertiary/aromatic N) is 2. The highest BCUT2D eigenvalue weighted by molar-refractivity contribution is 7.88. The lowest BCUT2D eigenvalue weighted by Gasteiger charge is -2.60. The molecule has 1 spiro atoms. The molecule has 0 amide bonds. The van der Waals surface area contributed by atoms with E-state index in [2.05, 4.69) is 25.8 Å². The Bertz CT molecular complexity index is 1300. The van der Waals surface area contributed by atoms with Crippen molar-refractivity contribution in [1.82, 2.24) is 9.21 Å². The lowest BCUT2D eigenvalue weighted by atomic mass is 9.51. The molecule has 1 saturated heterocycles. The van der Waals surface area contributed by atoms with Crippen LogP contribution in [0.4, 0.5) is 0 Å². The fourth-order valence-electron chi connectivity index (χ4n) is 7.89. The fraction of sp³-hybridized carbons (Fsp3) is 0.586. The molecule has 1 saturated carbocycles. The van der Waals surface area contributed by atoms with Crippen molar-refractivity contribution in [2.45, 2.75) is 68.9 Å². The predicted octanol–water partition coefficient (Wildman–Crippen LogP) is 3.93. The number of hydrogen-bond acceptors (Lipinski definition) is 6. The maximum Gasteiger partial charge on any atom is 0.218 e. The van der Waals surface area contributed by atoms with Crippen LogP contribution in [0.3, 0.4) is 0 Å². The minimum atomic E-state index is -3.61. The number of aromatic hydroxyl groups is 1. The van der Waals surface area contributed by atoms with Crippen LogP contribution in [0.15, 0.2) is 36.4 Å². The van der Waals surface area contributed by atoms with E-state index in [9.17, 15) is 13.5 Å². The summed E-state index contributed by atoms with van der Waals surface area (Å²) in [7, 11) is 0.171. The summed E-state index contributed by atoms with van der Waals surface area (Å²) in [6.45, 7) is 5.52. The number of ether oxygens (including phenoxy) is 2. The Morgan fingerprint density at radius 1 is 1.24 bits per heavy atom. The zero-order valence-corrected chi connectivity index (χ0v) is 23.0. The molecule has 7 nitrogen and oxygen atoms in total. The molecule has 0 aromatic heterocycles. The van der Waals surface area contributed by atoms with Gasteiger partial charge in [-0.1, -0.05) is 44.2 Å². The van der Waals surface area contributed by atoms with Gasteiger partial charge in [0.05, 0.1) is 18.9 Å². The van der Waals surface area contributed by atoms with Crippen LogP contribution in [-0.4, -0.2) is 68.2 Å². The van der Waals surface area contributed by atoms with E-state index < -0.39 is 10.0 Å². The third kappa shape index (κ3) is 3.70. The number of benzene rings is 2. The van der Waals surface area contributed by atoms with Crippen molar-refractivity contribution in [3.05, 3.63) is 53.1 Å². The highest BCUT2D eigenvalue weighted by atomic mass is 32.2. The summed E-state index contributed by atoms with van der Waals surface area (Å²) >= 11 is 0. The number of rotatable bonds is 7. The van der Waals surface area contributed by atoms with E-state index in [0.717, 1.165) is 48.9 Å². The van der Waals surface area contributed by atoms with Gasteiger partial charge >= 0.3 is 0 Å². The van der Waals surface area contributed by atoms with E-state index in [1.807, 2.05) is 30.3 Å². The standard InChI is InChI=1S/C29H38N2O5S/c1-18(2)16-31(37(33,34)17-19-8-6-5-7-9-19)22-11-10-21-23-14-20-24(32)15-25(35-4)27-26(20)29(21,28(22)36-27)12-13-30(23)3/h5-9,15,18,21-23,28,32H,10-14,16-17H2,1-4H3/t21-,22+,23+,28-,29-/m0/s1. The molecular weight excluding hydrogens is 488 g/mol. The molecular formula is C29H38N2O5S. The summed E-state index contributed by atoms with van der Waals surface area (Å²) in [5.74, 6) is 2.02. The highest BCUT2D eigenvalue weighted by Crippen LogP contribution is 2.65. The van der Waals surface area contributed by atoms with Gasteiger partial charge in [-0.25, -0.2) is 8.42 Å². The average molecular weight is 527 g/mol. The van der Waals surface area contributed by atoms with E-state index in [0.29, 0.717) is 30.0 Å². The molecule has 1 N–H and O–H groups in total. The molecule has 4 aliphatic rings. The molecule has 5 atom stereocenters. The van der Waals surface area contributed by atoms with Crippen molar-refractivity contribution in [2.24, 2.45) is 11.8 Å². The second-order valence-corrected chi connectivity index (χ2v) is 13.7. The average Bonchev–Trinajstić information content (AvgIpc) is 3.20. The van der Waals surface area contributed by atoms with Gasteiger partial charge in [0, 0.05) is 35.2 Å². The maximum absolute atomic E-state index is 14.1. The molecule has 2 fully saturated rings. The van der Waals surface area contributed by atoms with Crippen LogP contribution in [0, 0.1) is 11.8 Å². The number of likely N-dealkylation sites (N-methyl/N-ethyl adjacent to an activating group) is 1. The van der Waals surface area contributed by atoms with E-state index in [4.69, 9.17) is 9.47 Å². The quantitative estimate of drug-likeness (QED) is 0.589. The SMILES string of the molecule is COc1cc(O)c2c3c1O[C@H]1[C@H](N(CC(C)C)S(=O)(=O)Cc4ccccc4)CC[C@H]4[C@@H](C2)N(C)CC[C@@]341.